The third kappa shape index (κ3) is 12.0. The predicted molar refractivity (Wildman–Crippen MR) is 78.2 cm³/mol. The molecule has 1 N–H and O–H groups in total. The molecule has 0 unspecified atom stereocenters. The first kappa shape index (κ1) is 21.2. The van der Waals surface area contributed by atoms with Gasteiger partial charge in [-0.15, -0.1) is 0 Å². The highest BCUT2D eigenvalue weighted by atomic mass is 16.4. The van der Waals surface area contributed by atoms with Crippen LogP contribution in [-0.4, -0.2) is 47.7 Å². The summed E-state index contributed by atoms with van der Waals surface area (Å²) >= 11 is 0. The average Bonchev–Trinajstić information content (AvgIpc) is 2.29. The number of hydrogen-bond acceptors (Lipinski definition) is 3. The van der Waals surface area contributed by atoms with Crippen molar-refractivity contribution in [1.29, 1.82) is 0 Å². The number of nitrogens with zero attached hydrogens (tertiary/aromatic N) is 1. The van der Waals surface area contributed by atoms with E-state index >= 15 is 0 Å². The van der Waals surface area contributed by atoms with Crippen molar-refractivity contribution in [2.75, 3.05) is 26.2 Å². The van der Waals surface area contributed by atoms with E-state index in [1.165, 1.54) is 56.3 Å². The number of carbonyl (C=O) groups excluding carboxylic acids is 1. The normalized spacial score (nSPS) is 10.6. The zero-order valence-electron chi connectivity index (χ0n) is 13.5. The third-order valence-corrected chi connectivity index (χ3v) is 3.09. The van der Waals surface area contributed by atoms with Gasteiger partial charge < -0.3 is 19.5 Å². The fraction of sp³-hybridized carbons (Fsp3) is 0.867. The molecule has 0 bridgehead atoms. The van der Waals surface area contributed by atoms with E-state index in [2.05, 4.69) is 27.7 Å². The fourth-order valence-corrected chi connectivity index (χ4v) is 2.69. The molecule has 0 aliphatic carbocycles. The van der Waals surface area contributed by atoms with E-state index in [1.54, 1.807) is 0 Å². The Morgan fingerprint density at radius 3 is 1.25 bits per heavy atom. The molecule has 0 aliphatic rings. The van der Waals surface area contributed by atoms with Crippen molar-refractivity contribution in [3.63, 3.8) is 0 Å². The van der Waals surface area contributed by atoms with Crippen LogP contribution in [0.4, 0.5) is 0 Å². The van der Waals surface area contributed by atoms with Crippen molar-refractivity contribution >= 4 is 11.9 Å². The summed E-state index contributed by atoms with van der Waals surface area (Å²) < 4.78 is 1.38. The van der Waals surface area contributed by atoms with Crippen LogP contribution in [0.3, 0.4) is 0 Å². The van der Waals surface area contributed by atoms with Crippen LogP contribution in [0.15, 0.2) is 0 Å². The molecule has 5 heteroatoms. The standard InChI is InChI=1S/C12H28N.C3H4O4/c1-5-9-13(10-6-2,11-7-3)12-8-4;4-2(5)1-3(6)7/h5-12H2,1-4H3;1H2,(H,4,5)(H,6,7)/q+1;/p-1. The van der Waals surface area contributed by atoms with E-state index in [1.807, 2.05) is 0 Å². The molecule has 0 radical (unpaired) electrons. The molecule has 0 rings (SSSR count). The molecule has 0 aliphatic heterocycles. The lowest BCUT2D eigenvalue weighted by atomic mass is 10.2. The summed E-state index contributed by atoms with van der Waals surface area (Å²) in [5.74, 6) is -2.94. The Kier molecular flexibility index (Phi) is 13.7. The number of carboxylic acids is 2. The molecule has 0 heterocycles. The maximum Gasteiger partial charge on any atom is 0.309 e. The van der Waals surface area contributed by atoms with Gasteiger partial charge in [-0.3, -0.25) is 4.79 Å². The molecule has 120 valence electrons. The zero-order chi connectivity index (χ0) is 16.0. The van der Waals surface area contributed by atoms with Crippen molar-refractivity contribution < 1.29 is 24.3 Å². The smallest absolute Gasteiger partial charge is 0.309 e. The van der Waals surface area contributed by atoms with Crippen LogP contribution in [0.1, 0.15) is 59.8 Å². The fourth-order valence-electron chi connectivity index (χ4n) is 2.69. The molecule has 0 aromatic carbocycles. The highest BCUT2D eigenvalue weighted by molar-refractivity contribution is 5.87. The van der Waals surface area contributed by atoms with Crippen LogP contribution in [0, 0.1) is 0 Å². The maximum atomic E-state index is 9.39. The predicted octanol–water partition coefficient (Wildman–Crippen LogP) is 1.65. The minimum absolute atomic E-state index is 0.917. The molecular weight excluding hydrogens is 258 g/mol. The number of carbonyl (C=O) groups is 2. The van der Waals surface area contributed by atoms with E-state index in [0.717, 1.165) is 0 Å². The molecule has 5 nitrogen and oxygen atoms in total. The molecule has 0 aromatic rings. The molecule has 0 saturated heterocycles. The Morgan fingerprint density at radius 1 is 0.850 bits per heavy atom. The van der Waals surface area contributed by atoms with E-state index in [-0.39, 0.29) is 0 Å². The molecule has 0 fully saturated rings. The van der Waals surface area contributed by atoms with Crippen LogP contribution < -0.4 is 5.11 Å². The summed E-state index contributed by atoms with van der Waals surface area (Å²) in [7, 11) is 0. The van der Waals surface area contributed by atoms with Gasteiger partial charge in [-0.05, 0) is 25.7 Å². The number of quaternary nitrogens is 1. The summed E-state index contributed by atoms with van der Waals surface area (Å²) in [4.78, 5) is 18.7. The Bertz CT molecular complexity index is 225. The van der Waals surface area contributed by atoms with Crippen LogP contribution in [-0.2, 0) is 9.59 Å². The second kappa shape index (κ2) is 12.9. The van der Waals surface area contributed by atoms with Crippen molar-refractivity contribution in [3.05, 3.63) is 0 Å². The van der Waals surface area contributed by atoms with Crippen molar-refractivity contribution in [2.24, 2.45) is 0 Å². The highest BCUT2D eigenvalue weighted by Crippen LogP contribution is 2.12. The number of aliphatic carboxylic acids is 2. The summed E-state index contributed by atoms with van der Waals surface area (Å²) in [5, 5.41) is 17.0. The van der Waals surface area contributed by atoms with Crippen molar-refractivity contribution in [3.8, 4) is 0 Å². The second-order valence-corrected chi connectivity index (χ2v) is 5.18. The van der Waals surface area contributed by atoms with Crippen LogP contribution in [0.25, 0.3) is 0 Å². The molecular formula is C15H31NO4. The third-order valence-electron chi connectivity index (χ3n) is 3.09. The SMILES string of the molecule is CCC[N+](CCC)(CCC)CCC.O=C([O-])CC(=O)O. The van der Waals surface area contributed by atoms with Gasteiger partial charge in [0.2, 0.25) is 0 Å². The maximum absolute atomic E-state index is 9.39. The summed E-state index contributed by atoms with van der Waals surface area (Å²) in [6.07, 6.45) is 4.42. The molecule has 0 aromatic heterocycles. The number of carboxylic acid groups (broad SMARTS) is 2. The topological polar surface area (TPSA) is 77.4 Å². The van der Waals surface area contributed by atoms with Crippen LogP contribution >= 0.6 is 0 Å². The molecule has 0 amide bonds. The first-order valence-corrected chi connectivity index (χ1v) is 7.64. The Hall–Kier alpha value is -1.10. The lowest BCUT2D eigenvalue weighted by molar-refractivity contribution is -0.928. The first-order chi connectivity index (χ1) is 9.37. The lowest BCUT2D eigenvalue weighted by Gasteiger charge is -2.38. The van der Waals surface area contributed by atoms with Gasteiger partial charge in [0, 0.05) is 0 Å². The summed E-state index contributed by atoms with van der Waals surface area (Å²) in [6.45, 7) is 14.8. The zero-order valence-corrected chi connectivity index (χ0v) is 13.5. The highest BCUT2D eigenvalue weighted by Gasteiger charge is 2.22. The van der Waals surface area contributed by atoms with Crippen molar-refractivity contribution in [1.82, 2.24) is 0 Å². The van der Waals surface area contributed by atoms with E-state index in [9.17, 15) is 14.7 Å². The van der Waals surface area contributed by atoms with Gasteiger partial charge in [0.25, 0.3) is 0 Å². The number of hydrogen-bond donors (Lipinski definition) is 1. The Labute approximate surface area is 123 Å². The Morgan fingerprint density at radius 2 is 1.15 bits per heavy atom. The number of rotatable bonds is 10. The second-order valence-electron chi connectivity index (χ2n) is 5.18. The molecule has 20 heavy (non-hydrogen) atoms. The monoisotopic (exact) mass is 289 g/mol. The van der Waals surface area contributed by atoms with Gasteiger partial charge >= 0.3 is 5.97 Å². The molecule has 0 saturated carbocycles. The minimum Gasteiger partial charge on any atom is -0.550 e. The van der Waals surface area contributed by atoms with Crippen LogP contribution in [0.2, 0.25) is 0 Å². The molecule has 0 atom stereocenters. The first-order valence-electron chi connectivity index (χ1n) is 7.64. The van der Waals surface area contributed by atoms with Gasteiger partial charge in [0.15, 0.2) is 0 Å². The quantitative estimate of drug-likeness (QED) is 0.490. The lowest BCUT2D eigenvalue weighted by Crippen LogP contribution is -2.50. The van der Waals surface area contributed by atoms with E-state index in [0.29, 0.717) is 0 Å². The van der Waals surface area contributed by atoms with Gasteiger partial charge in [-0.1, -0.05) is 27.7 Å². The minimum atomic E-state index is -1.56. The van der Waals surface area contributed by atoms with E-state index in [4.69, 9.17) is 5.11 Å². The average molecular weight is 289 g/mol. The summed E-state index contributed by atoms with van der Waals surface area (Å²) in [6, 6.07) is 0. The van der Waals surface area contributed by atoms with Crippen molar-refractivity contribution in [2.45, 2.75) is 59.8 Å². The van der Waals surface area contributed by atoms with Gasteiger partial charge in [0.05, 0.1) is 38.6 Å². The van der Waals surface area contributed by atoms with Crippen LogP contribution in [0.5, 0.6) is 0 Å². The largest absolute Gasteiger partial charge is 0.550 e. The molecule has 0 spiro atoms. The van der Waals surface area contributed by atoms with Gasteiger partial charge in [-0.25, -0.2) is 0 Å². The summed E-state index contributed by atoms with van der Waals surface area (Å²) in [5.41, 5.74) is 0. The Balaban J connectivity index is 0. The van der Waals surface area contributed by atoms with E-state index < -0.39 is 18.4 Å². The van der Waals surface area contributed by atoms with Gasteiger partial charge in [-0.2, -0.15) is 0 Å². The van der Waals surface area contributed by atoms with Gasteiger partial charge in [0.1, 0.15) is 0 Å².